The maximum absolute atomic E-state index is 12.2. The van der Waals surface area contributed by atoms with Gasteiger partial charge >= 0.3 is 0 Å². The minimum atomic E-state index is -0.0419. The van der Waals surface area contributed by atoms with E-state index in [1.807, 2.05) is 11.4 Å². The zero-order valence-electron chi connectivity index (χ0n) is 11.9. The number of thiophene rings is 1. The fraction of sp³-hybridized carbons (Fsp3) is 0.143. The van der Waals surface area contributed by atoms with Crippen LogP contribution in [0.3, 0.4) is 0 Å². The van der Waals surface area contributed by atoms with Crippen LogP contribution in [0.2, 0.25) is 0 Å². The highest BCUT2D eigenvalue weighted by Crippen LogP contribution is 2.24. The Labute approximate surface area is 138 Å². The molecule has 0 spiro atoms. The van der Waals surface area contributed by atoms with E-state index >= 15 is 0 Å². The lowest BCUT2D eigenvalue weighted by Crippen LogP contribution is -2.18. The molecule has 4 heterocycles. The first-order valence-corrected chi connectivity index (χ1v) is 8.51. The summed E-state index contributed by atoms with van der Waals surface area (Å²) in [6, 6.07) is 3.59. The number of nitrogens with zero attached hydrogens (tertiary/aromatic N) is 4. The Balaban J connectivity index is 1.57. The van der Waals surface area contributed by atoms with Gasteiger partial charge in [-0.2, -0.15) is 4.98 Å². The van der Waals surface area contributed by atoms with Crippen LogP contribution in [0.1, 0.15) is 5.82 Å². The molecule has 0 aliphatic rings. The Hall–Kier alpha value is -2.39. The van der Waals surface area contributed by atoms with E-state index in [1.54, 1.807) is 30.2 Å². The van der Waals surface area contributed by atoms with Crippen molar-refractivity contribution in [2.24, 2.45) is 7.05 Å². The van der Waals surface area contributed by atoms with E-state index in [0.717, 1.165) is 5.56 Å². The van der Waals surface area contributed by atoms with Gasteiger partial charge in [-0.05, 0) is 17.5 Å². The van der Waals surface area contributed by atoms with Crippen molar-refractivity contribution >= 4 is 33.3 Å². The van der Waals surface area contributed by atoms with Crippen LogP contribution in [-0.2, 0) is 12.8 Å². The third-order valence-electron chi connectivity index (χ3n) is 3.21. The minimum Gasteiger partial charge on any atom is -0.472 e. The average Bonchev–Trinajstić information content (AvgIpc) is 3.29. The highest BCUT2D eigenvalue weighted by molar-refractivity contribution is 7.98. The quantitative estimate of drug-likeness (QED) is 0.415. The second-order valence-electron chi connectivity index (χ2n) is 4.71. The molecule has 0 amide bonds. The molecule has 0 N–H and O–H groups in total. The Morgan fingerprint density at radius 3 is 3.09 bits per heavy atom. The molecule has 0 aromatic carbocycles. The zero-order chi connectivity index (χ0) is 15.8. The van der Waals surface area contributed by atoms with Crippen molar-refractivity contribution in [2.45, 2.75) is 10.9 Å². The Kier molecular flexibility index (Phi) is 3.50. The highest BCUT2D eigenvalue weighted by atomic mass is 32.2. The van der Waals surface area contributed by atoms with Crippen molar-refractivity contribution in [1.82, 2.24) is 19.7 Å². The fourth-order valence-electron chi connectivity index (χ4n) is 2.04. The number of aromatic nitrogens is 4. The summed E-state index contributed by atoms with van der Waals surface area (Å²) in [5.41, 5.74) is 1.41. The normalized spacial score (nSPS) is 11.3. The summed E-state index contributed by atoms with van der Waals surface area (Å²) in [6.45, 7) is 0. The first-order valence-electron chi connectivity index (χ1n) is 6.64. The highest BCUT2D eigenvalue weighted by Gasteiger charge is 2.13. The van der Waals surface area contributed by atoms with Crippen molar-refractivity contribution in [3.8, 4) is 11.5 Å². The molecule has 0 unspecified atom stereocenters. The maximum atomic E-state index is 12.2. The Bertz CT molecular complexity index is 1020. The molecule has 0 aliphatic heterocycles. The van der Waals surface area contributed by atoms with Gasteiger partial charge in [0.1, 0.15) is 11.0 Å². The molecule has 0 bridgehead atoms. The minimum absolute atomic E-state index is 0.0419. The molecule has 0 aliphatic carbocycles. The third kappa shape index (κ3) is 2.57. The van der Waals surface area contributed by atoms with Crippen molar-refractivity contribution in [3.63, 3.8) is 0 Å². The summed E-state index contributed by atoms with van der Waals surface area (Å²) in [5, 5.41) is 6.42. The lowest BCUT2D eigenvalue weighted by atomic mass is 10.3. The Morgan fingerprint density at radius 1 is 1.35 bits per heavy atom. The molecule has 9 heteroatoms. The molecule has 4 aromatic heterocycles. The third-order valence-corrected chi connectivity index (χ3v) is 5.13. The summed E-state index contributed by atoms with van der Waals surface area (Å²) < 4.78 is 12.4. The number of thioether (sulfide) groups is 1. The van der Waals surface area contributed by atoms with E-state index in [9.17, 15) is 4.79 Å². The molecular formula is C14H10N4O3S2. The standard InChI is InChI=1S/C14H10N4O3S2/c1-18-13(19)11-9(3-5-22-11)15-14(18)23-7-10-16-12(21-17-10)8-2-4-20-6-8/h2-6H,7H2,1H3. The van der Waals surface area contributed by atoms with Gasteiger partial charge in [-0.15, -0.1) is 11.3 Å². The van der Waals surface area contributed by atoms with E-state index in [0.29, 0.717) is 32.8 Å². The van der Waals surface area contributed by atoms with Crippen LogP contribution < -0.4 is 5.56 Å². The lowest BCUT2D eigenvalue weighted by Gasteiger charge is -2.05. The molecule has 7 nitrogen and oxygen atoms in total. The van der Waals surface area contributed by atoms with E-state index in [4.69, 9.17) is 8.94 Å². The van der Waals surface area contributed by atoms with Crippen molar-refractivity contribution < 1.29 is 8.94 Å². The van der Waals surface area contributed by atoms with Gasteiger partial charge in [0.15, 0.2) is 11.0 Å². The predicted molar refractivity (Wildman–Crippen MR) is 86.4 cm³/mol. The van der Waals surface area contributed by atoms with Gasteiger partial charge in [0, 0.05) is 7.05 Å². The van der Waals surface area contributed by atoms with Crippen molar-refractivity contribution in [3.05, 3.63) is 46.2 Å². The van der Waals surface area contributed by atoms with Gasteiger partial charge in [0.05, 0.1) is 23.1 Å². The number of hydrogen-bond donors (Lipinski definition) is 0. The maximum Gasteiger partial charge on any atom is 0.271 e. The topological polar surface area (TPSA) is 86.9 Å². The van der Waals surface area contributed by atoms with E-state index in [2.05, 4.69) is 15.1 Å². The first kappa shape index (κ1) is 14.2. The average molecular weight is 346 g/mol. The molecular weight excluding hydrogens is 336 g/mol. The number of rotatable bonds is 4. The largest absolute Gasteiger partial charge is 0.472 e. The van der Waals surface area contributed by atoms with E-state index < -0.39 is 0 Å². The summed E-state index contributed by atoms with van der Waals surface area (Å²) >= 11 is 2.79. The van der Waals surface area contributed by atoms with Crippen LogP contribution >= 0.6 is 23.1 Å². The molecule has 0 fully saturated rings. The summed E-state index contributed by atoms with van der Waals surface area (Å²) in [7, 11) is 1.71. The molecule has 0 atom stereocenters. The molecule has 23 heavy (non-hydrogen) atoms. The fourth-order valence-corrected chi connectivity index (χ4v) is 3.66. The van der Waals surface area contributed by atoms with Crippen molar-refractivity contribution in [1.29, 1.82) is 0 Å². The number of hydrogen-bond acceptors (Lipinski definition) is 8. The Morgan fingerprint density at radius 2 is 2.26 bits per heavy atom. The summed E-state index contributed by atoms with van der Waals surface area (Å²) in [5.74, 6) is 1.40. The molecule has 4 aromatic rings. The summed E-state index contributed by atoms with van der Waals surface area (Å²) in [6.07, 6.45) is 3.09. The van der Waals surface area contributed by atoms with Crippen LogP contribution in [0.25, 0.3) is 21.7 Å². The van der Waals surface area contributed by atoms with Crippen LogP contribution in [0.5, 0.6) is 0 Å². The van der Waals surface area contributed by atoms with Gasteiger partial charge in [0.25, 0.3) is 11.4 Å². The van der Waals surface area contributed by atoms with Crippen LogP contribution in [0.4, 0.5) is 0 Å². The van der Waals surface area contributed by atoms with E-state index in [-0.39, 0.29) is 5.56 Å². The SMILES string of the molecule is Cn1c(SCc2noc(-c3ccoc3)n2)nc2ccsc2c1=O. The molecule has 0 radical (unpaired) electrons. The first-order chi connectivity index (χ1) is 11.2. The second-order valence-corrected chi connectivity index (χ2v) is 6.57. The predicted octanol–water partition coefficient (Wildman–Crippen LogP) is 2.93. The lowest BCUT2D eigenvalue weighted by molar-refractivity contribution is 0.424. The molecule has 0 saturated heterocycles. The van der Waals surface area contributed by atoms with Gasteiger partial charge in [-0.25, -0.2) is 4.98 Å². The smallest absolute Gasteiger partial charge is 0.271 e. The number of furan rings is 1. The van der Waals surface area contributed by atoms with Crippen LogP contribution in [-0.4, -0.2) is 19.7 Å². The molecule has 0 saturated carbocycles. The zero-order valence-corrected chi connectivity index (χ0v) is 13.6. The molecule has 4 rings (SSSR count). The summed E-state index contributed by atoms with van der Waals surface area (Å²) in [4.78, 5) is 21.0. The number of fused-ring (bicyclic) bond motifs is 1. The van der Waals surface area contributed by atoms with Gasteiger partial charge in [-0.3, -0.25) is 9.36 Å². The molecule has 116 valence electrons. The van der Waals surface area contributed by atoms with Gasteiger partial charge < -0.3 is 8.94 Å². The van der Waals surface area contributed by atoms with E-state index in [1.165, 1.54) is 23.1 Å². The van der Waals surface area contributed by atoms with Crippen LogP contribution in [0, 0.1) is 0 Å². The van der Waals surface area contributed by atoms with Crippen molar-refractivity contribution in [2.75, 3.05) is 0 Å². The second kappa shape index (κ2) is 5.67. The van der Waals surface area contributed by atoms with Gasteiger partial charge in [0.2, 0.25) is 0 Å². The van der Waals surface area contributed by atoms with Crippen LogP contribution in [0.15, 0.2) is 48.9 Å². The van der Waals surface area contributed by atoms with Gasteiger partial charge in [-0.1, -0.05) is 16.9 Å². The monoisotopic (exact) mass is 346 g/mol.